The van der Waals surface area contributed by atoms with Crippen molar-refractivity contribution in [1.29, 1.82) is 0 Å². The van der Waals surface area contributed by atoms with Gasteiger partial charge in [-0.3, -0.25) is 4.79 Å². The van der Waals surface area contributed by atoms with Crippen LogP contribution in [0.2, 0.25) is 0 Å². The monoisotopic (exact) mass is 333 g/mol. The molecule has 0 radical (unpaired) electrons. The summed E-state index contributed by atoms with van der Waals surface area (Å²) in [6, 6.07) is 7.95. The molecule has 16 heavy (non-hydrogen) atoms. The molecule has 1 atom stereocenters. The largest absolute Gasteiger partial charge is 0.465 e. The fourth-order valence-corrected chi connectivity index (χ4v) is 1.75. The Morgan fingerprint density at radius 1 is 1.44 bits per heavy atom. The van der Waals surface area contributed by atoms with Gasteiger partial charge in [0, 0.05) is 9.99 Å². The van der Waals surface area contributed by atoms with Gasteiger partial charge in [0.15, 0.2) is 0 Å². The highest BCUT2D eigenvalue weighted by atomic mass is 127. The molecule has 1 aromatic rings. The minimum Gasteiger partial charge on any atom is -0.465 e. The third kappa shape index (κ3) is 3.75. The van der Waals surface area contributed by atoms with Crippen LogP contribution in [0.25, 0.3) is 0 Å². The van der Waals surface area contributed by atoms with Gasteiger partial charge in [0.25, 0.3) is 0 Å². The summed E-state index contributed by atoms with van der Waals surface area (Å²) in [5.41, 5.74) is 6.02. The first-order chi connectivity index (χ1) is 7.45. The van der Waals surface area contributed by atoms with Gasteiger partial charge in [0.05, 0.1) is 6.61 Å². The highest BCUT2D eigenvalue weighted by Crippen LogP contribution is 2.14. The molecule has 0 bridgehead atoms. The van der Waals surface area contributed by atoms with Crippen LogP contribution in [0.5, 0.6) is 0 Å². The van der Waals surface area contributed by atoms with E-state index in [-0.39, 0.29) is 5.97 Å². The predicted molar refractivity (Wildman–Crippen MR) is 72.1 cm³/mol. The molecule has 0 aromatic heterocycles. The first-order valence-corrected chi connectivity index (χ1v) is 6.24. The van der Waals surface area contributed by atoms with Crippen LogP contribution in [0.4, 0.5) is 0 Å². The SMILES string of the molecule is CCOC(=O)[C@@](C)(N)Cc1ccc(I)cc1. The topological polar surface area (TPSA) is 52.3 Å². The van der Waals surface area contributed by atoms with Crippen molar-refractivity contribution in [3.8, 4) is 0 Å². The zero-order chi connectivity index (χ0) is 12.2. The van der Waals surface area contributed by atoms with Gasteiger partial charge in [-0.05, 0) is 54.1 Å². The Bertz CT molecular complexity index is 360. The van der Waals surface area contributed by atoms with Crippen LogP contribution in [0.1, 0.15) is 19.4 Å². The molecule has 0 saturated heterocycles. The van der Waals surface area contributed by atoms with Crippen LogP contribution in [0.3, 0.4) is 0 Å². The van der Waals surface area contributed by atoms with Crippen LogP contribution in [0.15, 0.2) is 24.3 Å². The molecule has 0 unspecified atom stereocenters. The van der Waals surface area contributed by atoms with Crippen molar-refractivity contribution in [2.24, 2.45) is 5.73 Å². The fourth-order valence-electron chi connectivity index (χ4n) is 1.39. The van der Waals surface area contributed by atoms with E-state index in [0.29, 0.717) is 13.0 Å². The molecule has 0 aliphatic rings. The van der Waals surface area contributed by atoms with Crippen molar-refractivity contribution in [2.75, 3.05) is 6.61 Å². The van der Waals surface area contributed by atoms with Crippen molar-refractivity contribution < 1.29 is 9.53 Å². The minimum atomic E-state index is -0.956. The summed E-state index contributed by atoms with van der Waals surface area (Å²) in [6.45, 7) is 3.83. The van der Waals surface area contributed by atoms with E-state index in [0.717, 1.165) is 9.13 Å². The quantitative estimate of drug-likeness (QED) is 0.678. The first kappa shape index (κ1) is 13.4. The second-order valence-corrected chi connectivity index (χ2v) is 5.19. The van der Waals surface area contributed by atoms with Gasteiger partial charge in [-0.1, -0.05) is 12.1 Å². The second-order valence-electron chi connectivity index (χ2n) is 3.94. The molecule has 88 valence electrons. The summed E-state index contributed by atoms with van der Waals surface area (Å²) < 4.78 is 6.10. The average molecular weight is 333 g/mol. The van der Waals surface area contributed by atoms with Crippen molar-refractivity contribution in [3.05, 3.63) is 33.4 Å². The van der Waals surface area contributed by atoms with E-state index in [4.69, 9.17) is 10.5 Å². The molecule has 2 N–H and O–H groups in total. The maximum atomic E-state index is 11.6. The predicted octanol–water partition coefficient (Wildman–Crippen LogP) is 2.11. The Balaban J connectivity index is 2.72. The Labute approximate surface area is 109 Å². The third-order valence-corrected chi connectivity index (χ3v) is 2.95. The van der Waals surface area contributed by atoms with Gasteiger partial charge in [-0.2, -0.15) is 0 Å². The Morgan fingerprint density at radius 2 is 2.00 bits per heavy atom. The molecule has 0 saturated carbocycles. The molecule has 0 fully saturated rings. The van der Waals surface area contributed by atoms with Crippen LogP contribution < -0.4 is 5.73 Å². The highest BCUT2D eigenvalue weighted by Gasteiger charge is 2.29. The molecular formula is C12H16INO2. The van der Waals surface area contributed by atoms with Crippen LogP contribution >= 0.6 is 22.6 Å². The van der Waals surface area contributed by atoms with E-state index in [9.17, 15) is 4.79 Å². The summed E-state index contributed by atoms with van der Waals surface area (Å²) in [7, 11) is 0. The molecule has 0 heterocycles. The lowest BCUT2D eigenvalue weighted by atomic mass is 9.94. The zero-order valence-electron chi connectivity index (χ0n) is 9.50. The highest BCUT2D eigenvalue weighted by molar-refractivity contribution is 14.1. The third-order valence-electron chi connectivity index (χ3n) is 2.23. The summed E-state index contributed by atoms with van der Waals surface area (Å²) >= 11 is 2.24. The maximum Gasteiger partial charge on any atom is 0.326 e. The summed E-state index contributed by atoms with van der Waals surface area (Å²) in [4.78, 5) is 11.6. The normalized spacial score (nSPS) is 14.2. The van der Waals surface area contributed by atoms with E-state index >= 15 is 0 Å². The summed E-state index contributed by atoms with van der Waals surface area (Å²) in [5.74, 6) is -0.353. The van der Waals surface area contributed by atoms with Gasteiger partial charge < -0.3 is 10.5 Å². The smallest absolute Gasteiger partial charge is 0.326 e. The number of esters is 1. The maximum absolute atomic E-state index is 11.6. The Kier molecular flexibility index (Phi) is 4.73. The molecule has 1 rings (SSSR count). The molecule has 1 aromatic carbocycles. The van der Waals surface area contributed by atoms with Crippen LogP contribution in [0, 0.1) is 3.57 Å². The van der Waals surface area contributed by atoms with E-state index in [1.807, 2.05) is 24.3 Å². The van der Waals surface area contributed by atoms with E-state index in [1.165, 1.54) is 0 Å². The molecule has 0 amide bonds. The van der Waals surface area contributed by atoms with Crippen molar-refractivity contribution in [1.82, 2.24) is 0 Å². The van der Waals surface area contributed by atoms with Gasteiger partial charge in [0.1, 0.15) is 5.54 Å². The Hall–Kier alpha value is -0.620. The number of carbonyl (C=O) groups is 1. The lowest BCUT2D eigenvalue weighted by molar-refractivity contribution is -0.148. The molecule has 0 aliphatic heterocycles. The summed E-state index contributed by atoms with van der Waals surface area (Å²) in [5, 5.41) is 0. The van der Waals surface area contributed by atoms with E-state index in [2.05, 4.69) is 22.6 Å². The van der Waals surface area contributed by atoms with Gasteiger partial charge >= 0.3 is 5.97 Å². The van der Waals surface area contributed by atoms with Crippen molar-refractivity contribution >= 4 is 28.6 Å². The van der Waals surface area contributed by atoms with Crippen molar-refractivity contribution in [3.63, 3.8) is 0 Å². The molecule has 0 aliphatic carbocycles. The van der Waals surface area contributed by atoms with Gasteiger partial charge in [0.2, 0.25) is 0 Å². The zero-order valence-corrected chi connectivity index (χ0v) is 11.7. The number of carbonyl (C=O) groups excluding carboxylic acids is 1. The molecule has 0 spiro atoms. The van der Waals surface area contributed by atoms with Crippen LogP contribution in [-0.2, 0) is 16.0 Å². The number of benzene rings is 1. The standard InChI is InChI=1S/C12H16INO2/c1-3-16-11(15)12(2,14)8-9-4-6-10(13)7-5-9/h4-7H,3,8,14H2,1-2H3/t12-/m0/s1. The number of nitrogens with two attached hydrogens (primary N) is 1. The lowest BCUT2D eigenvalue weighted by Crippen LogP contribution is -2.48. The Morgan fingerprint density at radius 3 is 2.50 bits per heavy atom. The number of hydrogen-bond donors (Lipinski definition) is 1. The molecule has 3 nitrogen and oxygen atoms in total. The number of hydrogen-bond acceptors (Lipinski definition) is 3. The van der Waals surface area contributed by atoms with Gasteiger partial charge in [-0.15, -0.1) is 0 Å². The van der Waals surface area contributed by atoms with E-state index in [1.54, 1.807) is 13.8 Å². The number of rotatable bonds is 4. The second kappa shape index (κ2) is 5.63. The number of halogens is 1. The van der Waals surface area contributed by atoms with Gasteiger partial charge in [-0.25, -0.2) is 0 Å². The fraction of sp³-hybridized carbons (Fsp3) is 0.417. The molecular weight excluding hydrogens is 317 g/mol. The van der Waals surface area contributed by atoms with E-state index < -0.39 is 5.54 Å². The molecule has 4 heteroatoms. The first-order valence-electron chi connectivity index (χ1n) is 5.16. The summed E-state index contributed by atoms with van der Waals surface area (Å²) in [6.07, 6.45) is 0.489. The van der Waals surface area contributed by atoms with Crippen LogP contribution in [-0.4, -0.2) is 18.1 Å². The number of ether oxygens (including phenoxy) is 1. The minimum absolute atomic E-state index is 0.353. The lowest BCUT2D eigenvalue weighted by Gasteiger charge is -2.22. The van der Waals surface area contributed by atoms with Crippen molar-refractivity contribution in [2.45, 2.75) is 25.8 Å². The average Bonchev–Trinajstić information content (AvgIpc) is 2.21.